The second-order valence-electron chi connectivity index (χ2n) is 5.31. The van der Waals surface area contributed by atoms with Crippen LogP contribution in [0.4, 0.5) is 0 Å². The smallest absolute Gasteiger partial charge is 0.0921 e. The van der Waals surface area contributed by atoms with Crippen LogP contribution in [0.1, 0.15) is 12.6 Å². The number of halogens is 2. The molecular formula is C15H13Cl2N5S. The van der Waals surface area contributed by atoms with Gasteiger partial charge in [0.2, 0.25) is 0 Å². The van der Waals surface area contributed by atoms with E-state index in [1.165, 1.54) is 0 Å². The number of hydrazone groups is 1. The molecule has 0 spiro atoms. The van der Waals surface area contributed by atoms with Crippen LogP contribution < -0.4 is 0 Å². The molecule has 0 atom stereocenters. The van der Waals surface area contributed by atoms with E-state index in [9.17, 15) is 0 Å². The first-order valence-corrected chi connectivity index (χ1v) is 8.78. The van der Waals surface area contributed by atoms with E-state index in [1.54, 1.807) is 11.8 Å². The molecule has 1 aliphatic rings. The lowest BCUT2D eigenvalue weighted by atomic mass is 10.1. The Hall–Kier alpha value is -1.63. The van der Waals surface area contributed by atoms with Gasteiger partial charge in [-0.2, -0.15) is 10.2 Å². The van der Waals surface area contributed by atoms with Crippen LogP contribution in [-0.4, -0.2) is 31.1 Å². The fraction of sp³-hybridized carbons (Fsp3) is 0.200. The number of fused-ring (bicyclic) bond motifs is 1. The van der Waals surface area contributed by atoms with Crippen LogP contribution >= 0.6 is 35.0 Å². The molecule has 2 N–H and O–H groups in total. The number of hydrogen-bond donors (Lipinski definition) is 2. The van der Waals surface area contributed by atoms with Gasteiger partial charge in [-0.3, -0.25) is 10.1 Å². The number of aromatic nitrogens is 3. The zero-order valence-electron chi connectivity index (χ0n) is 12.2. The van der Waals surface area contributed by atoms with E-state index < -0.39 is 0 Å². The van der Waals surface area contributed by atoms with Gasteiger partial charge in [-0.1, -0.05) is 41.0 Å². The van der Waals surface area contributed by atoms with Gasteiger partial charge in [0.15, 0.2) is 0 Å². The van der Waals surface area contributed by atoms with Gasteiger partial charge in [0, 0.05) is 28.4 Å². The van der Waals surface area contributed by atoms with Gasteiger partial charge in [-0.15, -0.1) is 0 Å². The molecule has 3 heterocycles. The van der Waals surface area contributed by atoms with Crippen molar-refractivity contribution in [3.63, 3.8) is 0 Å². The summed E-state index contributed by atoms with van der Waals surface area (Å²) in [5, 5.41) is 16.7. The number of rotatable bonds is 3. The van der Waals surface area contributed by atoms with Crippen molar-refractivity contribution in [1.82, 2.24) is 20.2 Å². The Kier molecular flexibility index (Phi) is 3.75. The van der Waals surface area contributed by atoms with E-state index >= 15 is 0 Å². The Labute approximate surface area is 147 Å². The molecule has 2 aromatic heterocycles. The Balaban J connectivity index is 1.88. The number of nitrogens with zero attached hydrogens (tertiary/aromatic N) is 3. The number of nitrogens with one attached hydrogen (secondary N) is 2. The predicted molar refractivity (Wildman–Crippen MR) is 97.0 cm³/mol. The lowest BCUT2D eigenvalue weighted by molar-refractivity contribution is 0.336. The summed E-state index contributed by atoms with van der Waals surface area (Å²) in [6, 6.07) is 3.81. The topological polar surface area (TPSA) is 60.1 Å². The molecule has 0 aliphatic carbocycles. The second-order valence-corrected chi connectivity index (χ2v) is 7.23. The molecular weight excluding hydrogens is 353 g/mol. The van der Waals surface area contributed by atoms with Gasteiger partial charge >= 0.3 is 0 Å². The van der Waals surface area contributed by atoms with Crippen LogP contribution in [0.25, 0.3) is 22.0 Å². The van der Waals surface area contributed by atoms with E-state index in [0.717, 1.165) is 38.6 Å². The maximum atomic E-state index is 6.38. The minimum Gasteiger partial charge on any atom is -0.355 e. The van der Waals surface area contributed by atoms with Crippen molar-refractivity contribution >= 4 is 50.9 Å². The zero-order chi connectivity index (χ0) is 16.0. The van der Waals surface area contributed by atoms with Crippen LogP contribution in [-0.2, 0) is 6.54 Å². The predicted octanol–water partition coefficient (Wildman–Crippen LogP) is 4.70. The summed E-state index contributed by atoms with van der Waals surface area (Å²) < 4.78 is 0. The lowest BCUT2D eigenvalue weighted by Gasteiger charge is -2.12. The highest BCUT2D eigenvalue weighted by atomic mass is 35.5. The van der Waals surface area contributed by atoms with Gasteiger partial charge < -0.3 is 4.98 Å². The highest BCUT2D eigenvalue weighted by Crippen LogP contribution is 2.39. The first kappa shape index (κ1) is 14.9. The van der Waals surface area contributed by atoms with Gasteiger partial charge in [-0.25, -0.2) is 0 Å². The van der Waals surface area contributed by atoms with E-state index in [4.69, 9.17) is 23.2 Å². The summed E-state index contributed by atoms with van der Waals surface area (Å²) in [7, 11) is 0. The second kappa shape index (κ2) is 5.78. The van der Waals surface area contributed by atoms with Crippen molar-refractivity contribution in [3.8, 4) is 11.1 Å². The fourth-order valence-electron chi connectivity index (χ4n) is 2.78. The van der Waals surface area contributed by atoms with E-state index in [0.29, 0.717) is 16.6 Å². The zero-order valence-corrected chi connectivity index (χ0v) is 14.6. The highest BCUT2D eigenvalue weighted by molar-refractivity contribution is 8.14. The molecule has 4 rings (SSSR count). The molecule has 0 radical (unpaired) electrons. The van der Waals surface area contributed by atoms with E-state index in [2.05, 4.69) is 20.3 Å². The quantitative estimate of drug-likeness (QED) is 0.706. The number of benzene rings is 1. The Morgan fingerprint density at radius 1 is 1.35 bits per heavy atom. The maximum absolute atomic E-state index is 6.38. The Morgan fingerprint density at radius 2 is 2.22 bits per heavy atom. The van der Waals surface area contributed by atoms with Crippen molar-refractivity contribution in [2.24, 2.45) is 5.10 Å². The molecule has 118 valence electrons. The van der Waals surface area contributed by atoms with Crippen molar-refractivity contribution in [3.05, 3.63) is 40.3 Å². The third-order valence-electron chi connectivity index (χ3n) is 3.77. The molecule has 1 aliphatic heterocycles. The molecule has 8 heteroatoms. The summed E-state index contributed by atoms with van der Waals surface area (Å²) in [6.45, 7) is 2.69. The summed E-state index contributed by atoms with van der Waals surface area (Å²) in [6.07, 6.45) is 3.68. The Morgan fingerprint density at radius 3 is 2.91 bits per heavy atom. The van der Waals surface area contributed by atoms with Crippen molar-refractivity contribution in [1.29, 1.82) is 0 Å². The molecule has 0 amide bonds. The fourth-order valence-corrected chi connectivity index (χ4v) is 3.81. The summed E-state index contributed by atoms with van der Waals surface area (Å²) in [4.78, 5) is 3.43. The molecule has 23 heavy (non-hydrogen) atoms. The number of aromatic amines is 2. The standard InChI is InChI=1S/C15H13Cl2N5S/c1-8-21-22(7-23-8)6-12-13(9-4-18-19-5-9)10-2-3-11(16)14(17)15(10)20-12/h2-5,20H,6-7H2,1H3,(H,18,19). The molecule has 0 bridgehead atoms. The molecule has 3 aromatic rings. The number of hydrogen-bond acceptors (Lipinski definition) is 4. The monoisotopic (exact) mass is 365 g/mol. The molecule has 0 fully saturated rings. The molecule has 1 aromatic carbocycles. The van der Waals surface area contributed by atoms with Crippen LogP contribution in [0.2, 0.25) is 10.0 Å². The van der Waals surface area contributed by atoms with Gasteiger partial charge in [0.25, 0.3) is 0 Å². The molecule has 0 saturated carbocycles. The maximum Gasteiger partial charge on any atom is 0.0921 e. The number of H-pyrrole nitrogens is 2. The minimum absolute atomic E-state index is 0.538. The van der Waals surface area contributed by atoms with Crippen LogP contribution in [0.5, 0.6) is 0 Å². The van der Waals surface area contributed by atoms with Crippen molar-refractivity contribution < 1.29 is 0 Å². The van der Waals surface area contributed by atoms with E-state index in [1.807, 2.05) is 36.5 Å². The summed E-state index contributed by atoms with van der Waals surface area (Å²) >= 11 is 14.3. The first-order chi connectivity index (χ1) is 11.1. The average Bonchev–Trinajstić information content (AvgIpc) is 3.23. The number of thioether (sulfide) groups is 1. The summed E-state index contributed by atoms with van der Waals surface area (Å²) in [5.41, 5.74) is 3.98. The third-order valence-corrected chi connectivity index (χ3v) is 5.50. The third kappa shape index (κ3) is 2.60. The highest BCUT2D eigenvalue weighted by Gasteiger charge is 2.20. The Bertz CT molecular complexity index is 900. The first-order valence-electron chi connectivity index (χ1n) is 7.04. The van der Waals surface area contributed by atoms with Crippen LogP contribution in [0.3, 0.4) is 0 Å². The van der Waals surface area contributed by atoms with Crippen LogP contribution in [0, 0.1) is 0 Å². The SMILES string of the molecule is CC1=NN(Cc2[nH]c3c(Cl)c(Cl)ccc3c2-c2cn[nH]c2)CS1. The van der Waals surface area contributed by atoms with Gasteiger partial charge in [0.1, 0.15) is 0 Å². The van der Waals surface area contributed by atoms with Crippen LogP contribution in [0.15, 0.2) is 29.6 Å². The van der Waals surface area contributed by atoms with Crippen molar-refractivity contribution in [2.75, 3.05) is 5.88 Å². The molecule has 0 unspecified atom stereocenters. The molecule has 0 saturated heterocycles. The normalized spacial score (nSPS) is 14.7. The van der Waals surface area contributed by atoms with Gasteiger partial charge in [-0.05, 0) is 13.0 Å². The average molecular weight is 366 g/mol. The lowest BCUT2D eigenvalue weighted by Crippen LogP contribution is -2.13. The summed E-state index contributed by atoms with van der Waals surface area (Å²) in [5.74, 6) is 0.848. The van der Waals surface area contributed by atoms with Crippen molar-refractivity contribution in [2.45, 2.75) is 13.5 Å². The largest absolute Gasteiger partial charge is 0.355 e. The van der Waals surface area contributed by atoms with Gasteiger partial charge in [0.05, 0.1) is 39.2 Å². The minimum atomic E-state index is 0.538. The molecule has 5 nitrogen and oxygen atoms in total. The van der Waals surface area contributed by atoms with E-state index in [-0.39, 0.29) is 0 Å².